The molecule has 2 rings (SSSR count). The van der Waals surface area contributed by atoms with Crippen LogP contribution < -0.4 is 14.9 Å². The lowest BCUT2D eigenvalue weighted by molar-refractivity contribution is 0.0531. The zero-order valence-electron chi connectivity index (χ0n) is 17.2. The number of hydrogen-bond acceptors (Lipinski definition) is 8. The molecular weight excluding hydrogens is 414 g/mol. The summed E-state index contributed by atoms with van der Waals surface area (Å²) in [7, 11) is 0. The minimum atomic E-state index is -0.385. The Balaban J connectivity index is 2.14. The van der Waals surface area contributed by atoms with Crippen LogP contribution in [0.3, 0.4) is 0 Å². The van der Waals surface area contributed by atoms with Crippen molar-refractivity contribution < 1.29 is 19.0 Å². The third kappa shape index (κ3) is 6.61. The number of nitrogens with one attached hydrogen (secondary N) is 1. The molecule has 0 unspecified atom stereocenters. The molecule has 0 aliphatic carbocycles. The van der Waals surface area contributed by atoms with Crippen molar-refractivity contribution in [2.75, 3.05) is 25.2 Å². The van der Waals surface area contributed by atoms with Crippen molar-refractivity contribution in [1.29, 1.82) is 0 Å². The molecule has 9 heteroatoms. The highest BCUT2D eigenvalue weighted by Crippen LogP contribution is 2.36. The summed E-state index contributed by atoms with van der Waals surface area (Å²) in [6.07, 6.45) is 1.60. The van der Waals surface area contributed by atoms with Crippen LogP contribution in [0.5, 0.6) is 11.5 Å². The third-order valence-corrected chi connectivity index (χ3v) is 4.85. The van der Waals surface area contributed by atoms with E-state index in [9.17, 15) is 4.79 Å². The van der Waals surface area contributed by atoms with Crippen molar-refractivity contribution in [2.24, 2.45) is 11.0 Å². The molecule has 1 aromatic heterocycles. The summed E-state index contributed by atoms with van der Waals surface area (Å²) in [5, 5.41) is 5.13. The first-order valence-electron chi connectivity index (χ1n) is 9.38. The number of aromatic nitrogens is 1. The molecule has 7 nitrogen and oxygen atoms in total. The van der Waals surface area contributed by atoms with E-state index < -0.39 is 0 Å². The largest absolute Gasteiger partial charge is 0.490 e. The SMILES string of the molecule is CCOC(=O)c1sc(N/N=C\c2cc(Cl)c(OCC(C)C)c(OCC)c2)nc1C. The van der Waals surface area contributed by atoms with Crippen molar-refractivity contribution in [3.8, 4) is 11.5 Å². The van der Waals surface area contributed by atoms with Crippen LogP contribution in [0.25, 0.3) is 0 Å². The Morgan fingerprint density at radius 3 is 2.72 bits per heavy atom. The van der Waals surface area contributed by atoms with Gasteiger partial charge >= 0.3 is 5.97 Å². The van der Waals surface area contributed by atoms with Gasteiger partial charge in [-0.15, -0.1) is 0 Å². The van der Waals surface area contributed by atoms with Crippen LogP contribution in [0.4, 0.5) is 5.13 Å². The van der Waals surface area contributed by atoms with Gasteiger partial charge in [-0.3, -0.25) is 5.43 Å². The molecule has 1 N–H and O–H groups in total. The van der Waals surface area contributed by atoms with Gasteiger partial charge in [-0.1, -0.05) is 36.8 Å². The summed E-state index contributed by atoms with van der Waals surface area (Å²) in [4.78, 5) is 16.6. The fourth-order valence-corrected chi connectivity index (χ4v) is 3.39. The monoisotopic (exact) mass is 439 g/mol. The van der Waals surface area contributed by atoms with Crippen molar-refractivity contribution in [3.63, 3.8) is 0 Å². The van der Waals surface area contributed by atoms with Gasteiger partial charge in [0.15, 0.2) is 11.5 Å². The van der Waals surface area contributed by atoms with Crippen LogP contribution in [-0.2, 0) is 4.74 Å². The van der Waals surface area contributed by atoms with E-state index in [0.29, 0.717) is 58.0 Å². The molecule has 158 valence electrons. The highest BCUT2D eigenvalue weighted by molar-refractivity contribution is 7.17. The summed E-state index contributed by atoms with van der Waals surface area (Å²) in [5.74, 6) is 1.08. The second kappa shape index (κ2) is 11.0. The van der Waals surface area contributed by atoms with Crippen LogP contribution in [0.15, 0.2) is 17.2 Å². The molecule has 0 saturated heterocycles. The Bertz CT molecular complexity index is 868. The minimum Gasteiger partial charge on any atom is -0.490 e. The summed E-state index contributed by atoms with van der Waals surface area (Å²) in [6, 6.07) is 3.56. The average Bonchev–Trinajstić information content (AvgIpc) is 3.02. The smallest absolute Gasteiger partial charge is 0.350 e. The molecular formula is C20H26ClN3O4S. The fraction of sp³-hybridized carbons (Fsp3) is 0.450. The van der Waals surface area contributed by atoms with Crippen molar-refractivity contribution in [3.05, 3.63) is 33.3 Å². The number of hydrazone groups is 1. The number of rotatable bonds is 10. The van der Waals surface area contributed by atoms with Crippen molar-refractivity contribution in [2.45, 2.75) is 34.6 Å². The van der Waals surface area contributed by atoms with Crippen LogP contribution in [0.2, 0.25) is 5.02 Å². The average molecular weight is 440 g/mol. The van der Waals surface area contributed by atoms with Gasteiger partial charge in [-0.25, -0.2) is 9.78 Å². The van der Waals surface area contributed by atoms with E-state index in [1.165, 1.54) is 11.3 Å². The number of hydrogen-bond donors (Lipinski definition) is 1. The number of esters is 1. The number of nitrogens with zero attached hydrogens (tertiary/aromatic N) is 2. The maximum atomic E-state index is 11.9. The Labute approximate surface area is 180 Å². The molecule has 1 heterocycles. The third-order valence-electron chi connectivity index (χ3n) is 3.52. The first-order chi connectivity index (χ1) is 13.8. The predicted octanol–water partition coefficient (Wildman–Crippen LogP) is 5.16. The van der Waals surface area contributed by atoms with Gasteiger partial charge in [0.2, 0.25) is 5.13 Å². The summed E-state index contributed by atoms with van der Waals surface area (Å²) in [6.45, 7) is 10.9. The molecule has 0 aliphatic heterocycles. The quantitative estimate of drug-likeness (QED) is 0.312. The zero-order chi connectivity index (χ0) is 21.4. The van der Waals surface area contributed by atoms with Gasteiger partial charge < -0.3 is 14.2 Å². The number of carbonyl (C=O) groups excluding carboxylic acids is 1. The van der Waals surface area contributed by atoms with Crippen LogP contribution in [0.1, 0.15) is 48.6 Å². The van der Waals surface area contributed by atoms with E-state index in [2.05, 4.69) is 29.4 Å². The number of thiazole rings is 1. The van der Waals surface area contributed by atoms with Gasteiger partial charge in [0.1, 0.15) is 4.88 Å². The molecule has 0 saturated carbocycles. The first-order valence-corrected chi connectivity index (χ1v) is 10.6. The van der Waals surface area contributed by atoms with E-state index in [-0.39, 0.29) is 5.97 Å². The molecule has 0 amide bonds. The molecule has 2 aromatic rings. The van der Waals surface area contributed by atoms with E-state index in [1.54, 1.807) is 26.1 Å². The summed E-state index contributed by atoms with van der Waals surface area (Å²) < 4.78 is 16.5. The Kier molecular flexibility index (Phi) is 8.72. The lowest BCUT2D eigenvalue weighted by atomic mass is 10.2. The number of carbonyl (C=O) groups is 1. The van der Waals surface area contributed by atoms with E-state index in [4.69, 9.17) is 25.8 Å². The second-order valence-electron chi connectivity index (χ2n) is 6.49. The lowest BCUT2D eigenvalue weighted by Gasteiger charge is -2.15. The number of aryl methyl sites for hydroxylation is 1. The number of benzene rings is 1. The predicted molar refractivity (Wildman–Crippen MR) is 117 cm³/mol. The van der Waals surface area contributed by atoms with Gasteiger partial charge in [0.25, 0.3) is 0 Å². The van der Waals surface area contributed by atoms with Gasteiger partial charge in [0.05, 0.1) is 36.8 Å². The van der Waals surface area contributed by atoms with E-state index in [1.807, 2.05) is 13.0 Å². The maximum Gasteiger partial charge on any atom is 0.350 e. The Morgan fingerprint density at radius 1 is 1.31 bits per heavy atom. The summed E-state index contributed by atoms with van der Waals surface area (Å²) in [5.41, 5.74) is 4.17. The van der Waals surface area contributed by atoms with Crippen molar-refractivity contribution in [1.82, 2.24) is 4.98 Å². The van der Waals surface area contributed by atoms with E-state index >= 15 is 0 Å². The summed E-state index contributed by atoms with van der Waals surface area (Å²) >= 11 is 7.58. The Morgan fingerprint density at radius 2 is 2.07 bits per heavy atom. The Hall–Kier alpha value is -2.32. The van der Waals surface area contributed by atoms with Crippen molar-refractivity contribution >= 4 is 40.3 Å². The first kappa shape index (κ1) is 23.0. The standard InChI is InChI=1S/C20H26ClN3O4S/c1-6-26-16-9-14(8-15(21)17(16)28-11-12(3)4)10-22-24-20-23-13(5)18(29-20)19(25)27-7-2/h8-10,12H,6-7,11H2,1-5H3,(H,23,24)/b22-10-. The van der Waals surface area contributed by atoms with Gasteiger partial charge in [0, 0.05) is 0 Å². The van der Waals surface area contributed by atoms with Gasteiger partial charge in [-0.2, -0.15) is 5.10 Å². The van der Waals surface area contributed by atoms with Crippen LogP contribution in [0, 0.1) is 12.8 Å². The molecule has 0 spiro atoms. The molecule has 1 aromatic carbocycles. The highest BCUT2D eigenvalue weighted by Gasteiger charge is 2.16. The molecule has 0 aliphatic rings. The molecule has 0 fully saturated rings. The normalized spacial score (nSPS) is 11.1. The number of ether oxygens (including phenoxy) is 3. The number of halogens is 1. The van der Waals surface area contributed by atoms with E-state index in [0.717, 1.165) is 5.56 Å². The highest BCUT2D eigenvalue weighted by atomic mass is 35.5. The molecule has 0 atom stereocenters. The fourth-order valence-electron chi connectivity index (χ4n) is 2.31. The molecule has 0 bridgehead atoms. The lowest BCUT2D eigenvalue weighted by Crippen LogP contribution is -2.07. The minimum absolute atomic E-state index is 0.316. The molecule has 29 heavy (non-hydrogen) atoms. The van der Waals surface area contributed by atoms with Gasteiger partial charge in [-0.05, 0) is 44.4 Å². The van der Waals surface area contributed by atoms with Crippen LogP contribution in [-0.4, -0.2) is 37.0 Å². The number of anilines is 1. The second-order valence-corrected chi connectivity index (χ2v) is 7.90. The van der Waals surface area contributed by atoms with Crippen LogP contribution >= 0.6 is 22.9 Å². The maximum absolute atomic E-state index is 11.9. The zero-order valence-corrected chi connectivity index (χ0v) is 18.8. The molecule has 0 radical (unpaired) electrons. The topological polar surface area (TPSA) is 82.0 Å².